The van der Waals surface area contributed by atoms with Crippen LogP contribution in [-0.2, 0) is 4.74 Å². The Morgan fingerprint density at radius 3 is 2.13 bits per heavy atom. The summed E-state index contributed by atoms with van der Waals surface area (Å²) in [5.74, 6) is -0.771. The Morgan fingerprint density at radius 1 is 0.903 bits per heavy atom. The standard InChI is InChI=1S/C24H20N2O3S2/c1-14-20(31-22(25-14)17-12-8-5-9-13-17)21(27)26-23-19(24(28)29-3)18(15(2)30-23)16-10-6-4-7-11-16/h4-13H,1-3H3,(H,26,27). The Morgan fingerprint density at radius 2 is 1.52 bits per heavy atom. The highest BCUT2D eigenvalue weighted by Crippen LogP contribution is 2.41. The van der Waals surface area contributed by atoms with Crippen LogP contribution < -0.4 is 5.32 Å². The van der Waals surface area contributed by atoms with E-state index in [1.54, 1.807) is 0 Å². The van der Waals surface area contributed by atoms with E-state index in [4.69, 9.17) is 4.74 Å². The molecule has 4 aromatic rings. The highest BCUT2D eigenvalue weighted by molar-refractivity contribution is 7.18. The van der Waals surface area contributed by atoms with Gasteiger partial charge in [0.05, 0.1) is 12.8 Å². The quantitative estimate of drug-likeness (QED) is 0.369. The number of anilines is 1. The molecular formula is C24H20N2O3S2. The Kier molecular flexibility index (Phi) is 5.97. The molecule has 5 nitrogen and oxygen atoms in total. The molecule has 4 rings (SSSR count). The third-order valence-corrected chi connectivity index (χ3v) is 7.01. The summed E-state index contributed by atoms with van der Waals surface area (Å²) in [6.45, 7) is 3.74. The number of hydrogen-bond acceptors (Lipinski definition) is 6. The second kappa shape index (κ2) is 8.83. The van der Waals surface area contributed by atoms with E-state index in [1.807, 2.05) is 74.5 Å². The fourth-order valence-electron chi connectivity index (χ4n) is 3.35. The molecule has 2 heterocycles. The van der Waals surface area contributed by atoms with Gasteiger partial charge in [-0.1, -0.05) is 60.7 Å². The molecule has 0 spiro atoms. The second-order valence-corrected chi connectivity index (χ2v) is 9.07. The summed E-state index contributed by atoms with van der Waals surface area (Å²) >= 11 is 2.70. The van der Waals surface area contributed by atoms with Gasteiger partial charge < -0.3 is 10.1 Å². The van der Waals surface area contributed by atoms with Crippen LogP contribution in [0.2, 0.25) is 0 Å². The molecule has 156 valence electrons. The van der Waals surface area contributed by atoms with Crippen molar-refractivity contribution in [3.8, 4) is 21.7 Å². The van der Waals surface area contributed by atoms with Gasteiger partial charge in [0.2, 0.25) is 0 Å². The van der Waals surface area contributed by atoms with E-state index in [-0.39, 0.29) is 5.91 Å². The van der Waals surface area contributed by atoms with Crippen molar-refractivity contribution < 1.29 is 14.3 Å². The fourth-order valence-corrected chi connectivity index (χ4v) is 5.38. The number of ether oxygens (including phenoxy) is 1. The van der Waals surface area contributed by atoms with Gasteiger partial charge in [-0.25, -0.2) is 9.78 Å². The number of esters is 1. The van der Waals surface area contributed by atoms with Crippen molar-refractivity contribution >= 4 is 39.6 Å². The third kappa shape index (κ3) is 4.15. The van der Waals surface area contributed by atoms with Gasteiger partial charge in [-0.05, 0) is 19.4 Å². The van der Waals surface area contributed by atoms with E-state index in [1.165, 1.54) is 29.8 Å². The normalized spacial score (nSPS) is 10.7. The van der Waals surface area contributed by atoms with Gasteiger partial charge in [0.1, 0.15) is 20.4 Å². The van der Waals surface area contributed by atoms with E-state index in [0.29, 0.717) is 21.1 Å². The molecule has 2 aromatic heterocycles. The van der Waals surface area contributed by atoms with Crippen LogP contribution in [0.1, 0.15) is 30.6 Å². The summed E-state index contributed by atoms with van der Waals surface area (Å²) in [7, 11) is 1.34. The van der Waals surface area contributed by atoms with E-state index < -0.39 is 5.97 Å². The van der Waals surface area contributed by atoms with Gasteiger partial charge in [0.25, 0.3) is 5.91 Å². The summed E-state index contributed by atoms with van der Waals surface area (Å²) in [4.78, 5) is 31.7. The highest BCUT2D eigenvalue weighted by Gasteiger charge is 2.26. The number of methoxy groups -OCH3 is 1. The molecule has 0 aliphatic carbocycles. The van der Waals surface area contributed by atoms with Crippen molar-refractivity contribution in [2.24, 2.45) is 0 Å². The van der Waals surface area contributed by atoms with Crippen molar-refractivity contribution in [3.63, 3.8) is 0 Å². The number of amides is 1. The number of benzene rings is 2. The molecule has 7 heteroatoms. The largest absolute Gasteiger partial charge is 0.465 e. The van der Waals surface area contributed by atoms with Gasteiger partial charge >= 0.3 is 5.97 Å². The number of nitrogens with one attached hydrogen (secondary N) is 1. The number of nitrogens with zero attached hydrogens (tertiary/aromatic N) is 1. The number of carbonyl (C=O) groups is 2. The first kappa shape index (κ1) is 21.0. The maximum absolute atomic E-state index is 13.1. The van der Waals surface area contributed by atoms with Crippen LogP contribution in [0.15, 0.2) is 60.7 Å². The number of aryl methyl sites for hydroxylation is 2. The van der Waals surface area contributed by atoms with Crippen molar-refractivity contribution in [1.29, 1.82) is 0 Å². The van der Waals surface area contributed by atoms with Crippen LogP contribution >= 0.6 is 22.7 Å². The van der Waals surface area contributed by atoms with Crippen molar-refractivity contribution in [3.05, 3.63) is 81.7 Å². The zero-order valence-corrected chi connectivity index (χ0v) is 18.9. The van der Waals surface area contributed by atoms with E-state index in [2.05, 4.69) is 10.3 Å². The molecule has 2 aromatic carbocycles. The summed E-state index contributed by atoms with van der Waals surface area (Å²) in [6.07, 6.45) is 0. The zero-order chi connectivity index (χ0) is 22.0. The molecule has 1 N–H and O–H groups in total. The Bertz CT molecular complexity index is 1240. The molecule has 0 radical (unpaired) electrons. The van der Waals surface area contributed by atoms with Crippen LogP contribution in [0.4, 0.5) is 5.00 Å². The first-order chi connectivity index (χ1) is 15.0. The molecule has 0 bridgehead atoms. The van der Waals surface area contributed by atoms with E-state index >= 15 is 0 Å². The highest BCUT2D eigenvalue weighted by atomic mass is 32.1. The lowest BCUT2D eigenvalue weighted by molar-refractivity contribution is 0.0603. The average Bonchev–Trinajstić information content (AvgIpc) is 3.34. The minimum atomic E-state index is -0.482. The molecule has 0 aliphatic heterocycles. The van der Waals surface area contributed by atoms with Gasteiger partial charge in [-0.15, -0.1) is 22.7 Å². The molecule has 0 saturated heterocycles. The smallest absolute Gasteiger partial charge is 0.341 e. The summed E-state index contributed by atoms with van der Waals surface area (Å²) in [5.41, 5.74) is 3.66. The summed E-state index contributed by atoms with van der Waals surface area (Å²) in [5, 5.41) is 4.18. The van der Waals surface area contributed by atoms with Crippen LogP contribution in [0.5, 0.6) is 0 Å². The molecule has 1 amide bonds. The second-order valence-electron chi connectivity index (χ2n) is 6.85. The van der Waals surface area contributed by atoms with E-state index in [9.17, 15) is 9.59 Å². The third-order valence-electron chi connectivity index (χ3n) is 4.79. The molecule has 0 aliphatic rings. The molecule has 31 heavy (non-hydrogen) atoms. The van der Waals surface area contributed by atoms with Gasteiger partial charge in [0, 0.05) is 16.0 Å². The molecule has 0 saturated carbocycles. The maximum Gasteiger partial charge on any atom is 0.341 e. The number of thiophene rings is 1. The topological polar surface area (TPSA) is 68.3 Å². The molecule has 0 atom stereocenters. The minimum Gasteiger partial charge on any atom is -0.465 e. The molecular weight excluding hydrogens is 428 g/mol. The number of carbonyl (C=O) groups excluding carboxylic acids is 2. The Labute approximate surface area is 188 Å². The first-order valence-corrected chi connectivity index (χ1v) is 11.2. The lowest BCUT2D eigenvalue weighted by atomic mass is 10.0. The van der Waals surface area contributed by atoms with Gasteiger partial charge in [-0.3, -0.25) is 4.79 Å². The van der Waals surface area contributed by atoms with Crippen LogP contribution in [0.25, 0.3) is 21.7 Å². The lowest BCUT2D eigenvalue weighted by Crippen LogP contribution is -2.14. The van der Waals surface area contributed by atoms with Crippen molar-refractivity contribution in [2.75, 3.05) is 12.4 Å². The predicted octanol–water partition coefficient (Wildman–Crippen LogP) is 6.19. The minimum absolute atomic E-state index is 0.289. The fraction of sp³-hybridized carbons (Fsp3) is 0.125. The summed E-state index contributed by atoms with van der Waals surface area (Å²) in [6, 6.07) is 19.4. The Hall–Kier alpha value is -3.29. The van der Waals surface area contributed by atoms with Crippen molar-refractivity contribution in [2.45, 2.75) is 13.8 Å². The van der Waals surface area contributed by atoms with Gasteiger partial charge in [-0.2, -0.15) is 0 Å². The van der Waals surface area contributed by atoms with Crippen LogP contribution in [0, 0.1) is 13.8 Å². The number of rotatable bonds is 5. The van der Waals surface area contributed by atoms with E-state index in [0.717, 1.165) is 26.6 Å². The van der Waals surface area contributed by atoms with Crippen LogP contribution in [0.3, 0.4) is 0 Å². The zero-order valence-electron chi connectivity index (χ0n) is 17.3. The molecule has 0 fully saturated rings. The maximum atomic E-state index is 13.1. The Balaban J connectivity index is 1.71. The SMILES string of the molecule is COC(=O)c1c(NC(=O)c2sc(-c3ccccc3)nc2C)sc(C)c1-c1ccccc1. The number of hydrogen-bond donors (Lipinski definition) is 1. The van der Waals surface area contributed by atoms with Gasteiger partial charge in [0.15, 0.2) is 0 Å². The summed E-state index contributed by atoms with van der Waals surface area (Å²) < 4.78 is 5.03. The van der Waals surface area contributed by atoms with Crippen LogP contribution in [-0.4, -0.2) is 24.0 Å². The lowest BCUT2D eigenvalue weighted by Gasteiger charge is -2.08. The monoisotopic (exact) mass is 448 g/mol. The average molecular weight is 449 g/mol. The predicted molar refractivity (Wildman–Crippen MR) is 126 cm³/mol. The number of aromatic nitrogens is 1. The molecule has 0 unspecified atom stereocenters. The van der Waals surface area contributed by atoms with Crippen molar-refractivity contribution in [1.82, 2.24) is 4.98 Å². The number of thiazole rings is 1. The first-order valence-electron chi connectivity index (χ1n) is 9.61.